The number of aldehydes is 1. The number of halogens is 1. The number of aromatic nitrogens is 1. The van der Waals surface area contributed by atoms with Crippen LogP contribution in [0.1, 0.15) is 21.5 Å². The number of benzene rings is 3. The molecule has 0 amide bonds. The molecule has 1 N–H and O–H groups in total. The van der Waals surface area contributed by atoms with Gasteiger partial charge in [-0.05, 0) is 53.4 Å². The Morgan fingerprint density at radius 1 is 1.10 bits per heavy atom. The van der Waals surface area contributed by atoms with Crippen molar-refractivity contribution in [2.75, 3.05) is 0 Å². The van der Waals surface area contributed by atoms with Gasteiger partial charge < -0.3 is 9.84 Å². The Kier molecular flexibility index (Phi) is 5.19. The first kappa shape index (κ1) is 19.0. The number of phenolic OH excluding ortho intramolecular Hbond substituents is 1. The van der Waals surface area contributed by atoms with Crippen LogP contribution in [-0.2, 0) is 6.61 Å². The summed E-state index contributed by atoms with van der Waals surface area (Å²) in [5, 5.41) is 11.2. The summed E-state index contributed by atoms with van der Waals surface area (Å²) < 4.78 is 5.83. The Morgan fingerprint density at radius 2 is 1.97 bits per heavy atom. The Morgan fingerprint density at radius 3 is 2.79 bits per heavy atom. The fraction of sp³-hybridized carbons (Fsp3) is 0.0833. The second-order valence-corrected chi connectivity index (χ2v) is 7.16. The minimum atomic E-state index is -0.158. The average molecular weight is 404 g/mol. The van der Waals surface area contributed by atoms with Gasteiger partial charge in [-0.25, -0.2) is 0 Å². The number of ether oxygens (including phenoxy) is 1. The van der Waals surface area contributed by atoms with Gasteiger partial charge in [0, 0.05) is 17.6 Å². The van der Waals surface area contributed by atoms with E-state index in [1.165, 1.54) is 12.1 Å². The molecule has 0 saturated heterocycles. The van der Waals surface area contributed by atoms with Crippen LogP contribution in [0.15, 0.2) is 66.9 Å². The summed E-state index contributed by atoms with van der Waals surface area (Å²) in [7, 11) is 0. The zero-order chi connectivity index (χ0) is 20.4. The van der Waals surface area contributed by atoms with Gasteiger partial charge in [0.2, 0.25) is 0 Å². The van der Waals surface area contributed by atoms with Crippen molar-refractivity contribution in [1.29, 1.82) is 0 Å². The standard InChI is InChI=1S/C24H18ClNO3/c1-15-18(14-29-24-12-23(28)19(13-27)11-21(24)25)4-2-6-20(15)16-7-8-22-17(10-16)5-3-9-26-22/h2-13,28H,14H2,1H3. The third-order valence-electron chi connectivity index (χ3n) is 4.95. The molecule has 0 spiro atoms. The van der Waals surface area contributed by atoms with Gasteiger partial charge in [-0.3, -0.25) is 9.78 Å². The number of pyridine rings is 1. The Hall–Kier alpha value is -3.37. The summed E-state index contributed by atoms with van der Waals surface area (Å²) in [5.74, 6) is 0.172. The van der Waals surface area contributed by atoms with Gasteiger partial charge >= 0.3 is 0 Å². The third-order valence-corrected chi connectivity index (χ3v) is 5.25. The van der Waals surface area contributed by atoms with Crippen LogP contribution in [0.25, 0.3) is 22.0 Å². The Balaban J connectivity index is 1.63. The molecule has 0 aliphatic heterocycles. The van der Waals surface area contributed by atoms with Gasteiger partial charge in [0.25, 0.3) is 0 Å². The maximum absolute atomic E-state index is 10.9. The van der Waals surface area contributed by atoms with E-state index in [1.54, 1.807) is 6.20 Å². The van der Waals surface area contributed by atoms with Crippen LogP contribution in [0.4, 0.5) is 0 Å². The minimum absolute atomic E-state index is 0.131. The van der Waals surface area contributed by atoms with Gasteiger partial charge in [0.1, 0.15) is 18.1 Å². The maximum Gasteiger partial charge on any atom is 0.153 e. The highest BCUT2D eigenvalue weighted by atomic mass is 35.5. The van der Waals surface area contributed by atoms with Gasteiger partial charge in [-0.1, -0.05) is 41.9 Å². The highest BCUT2D eigenvalue weighted by Crippen LogP contribution is 2.33. The number of carbonyl (C=O) groups is 1. The fourth-order valence-corrected chi connectivity index (χ4v) is 3.54. The Bertz CT molecular complexity index is 1220. The van der Waals surface area contributed by atoms with E-state index in [4.69, 9.17) is 16.3 Å². The third kappa shape index (κ3) is 3.80. The van der Waals surface area contributed by atoms with E-state index in [0.29, 0.717) is 12.0 Å². The lowest BCUT2D eigenvalue weighted by molar-refractivity contribution is 0.112. The van der Waals surface area contributed by atoms with Crippen molar-refractivity contribution in [3.8, 4) is 22.6 Å². The molecule has 144 valence electrons. The molecule has 0 fully saturated rings. The number of aromatic hydroxyl groups is 1. The largest absolute Gasteiger partial charge is 0.507 e. The number of fused-ring (bicyclic) bond motifs is 1. The van der Waals surface area contributed by atoms with Crippen LogP contribution < -0.4 is 4.74 Å². The fourth-order valence-electron chi connectivity index (χ4n) is 3.31. The van der Waals surface area contributed by atoms with Crippen molar-refractivity contribution in [3.05, 3.63) is 88.6 Å². The van der Waals surface area contributed by atoms with E-state index in [1.807, 2.05) is 30.3 Å². The topological polar surface area (TPSA) is 59.4 Å². The minimum Gasteiger partial charge on any atom is -0.507 e. The Labute approximate surface area is 173 Å². The molecule has 0 unspecified atom stereocenters. The van der Waals surface area contributed by atoms with Crippen molar-refractivity contribution in [3.63, 3.8) is 0 Å². The van der Waals surface area contributed by atoms with Crippen LogP contribution in [-0.4, -0.2) is 16.4 Å². The monoisotopic (exact) mass is 403 g/mol. The van der Waals surface area contributed by atoms with E-state index in [0.717, 1.165) is 33.2 Å². The van der Waals surface area contributed by atoms with E-state index in [9.17, 15) is 9.90 Å². The summed E-state index contributed by atoms with van der Waals surface area (Å²) in [6.45, 7) is 2.34. The molecule has 0 bridgehead atoms. The molecule has 4 rings (SSSR count). The molecule has 5 heteroatoms. The number of nitrogens with zero attached hydrogens (tertiary/aromatic N) is 1. The molecule has 4 nitrogen and oxygen atoms in total. The first-order valence-corrected chi connectivity index (χ1v) is 9.49. The molecule has 0 aliphatic rings. The SMILES string of the molecule is Cc1c(COc2cc(O)c(C=O)cc2Cl)cccc1-c1ccc2ncccc2c1. The molecule has 0 atom stereocenters. The van der Waals surface area contributed by atoms with Crippen LogP contribution in [0.3, 0.4) is 0 Å². The summed E-state index contributed by atoms with van der Waals surface area (Å²) >= 11 is 6.17. The number of phenols is 1. The summed E-state index contributed by atoms with van der Waals surface area (Å²) in [6.07, 6.45) is 2.34. The van der Waals surface area contributed by atoms with Crippen molar-refractivity contribution < 1.29 is 14.6 Å². The number of rotatable bonds is 5. The van der Waals surface area contributed by atoms with Crippen molar-refractivity contribution in [2.24, 2.45) is 0 Å². The average Bonchev–Trinajstić information content (AvgIpc) is 2.74. The van der Waals surface area contributed by atoms with Gasteiger partial charge in [-0.15, -0.1) is 0 Å². The molecule has 1 aromatic heterocycles. The normalized spacial score (nSPS) is 10.8. The molecule has 0 saturated carbocycles. The molecule has 1 heterocycles. The van der Waals surface area contributed by atoms with Crippen molar-refractivity contribution in [2.45, 2.75) is 13.5 Å². The summed E-state index contributed by atoms with van der Waals surface area (Å²) in [4.78, 5) is 15.3. The molecule has 0 radical (unpaired) electrons. The second-order valence-electron chi connectivity index (χ2n) is 6.75. The van der Waals surface area contributed by atoms with Crippen LogP contribution >= 0.6 is 11.6 Å². The number of hydrogen-bond donors (Lipinski definition) is 1. The van der Waals surface area contributed by atoms with Gasteiger partial charge in [-0.2, -0.15) is 0 Å². The van der Waals surface area contributed by atoms with Crippen molar-refractivity contribution in [1.82, 2.24) is 4.98 Å². The van der Waals surface area contributed by atoms with Crippen LogP contribution in [0, 0.1) is 6.92 Å². The van der Waals surface area contributed by atoms with Crippen LogP contribution in [0.2, 0.25) is 5.02 Å². The molecule has 3 aromatic carbocycles. The molecule has 29 heavy (non-hydrogen) atoms. The van der Waals surface area contributed by atoms with Gasteiger partial charge in [0.15, 0.2) is 6.29 Å². The molecule has 0 aliphatic carbocycles. The smallest absolute Gasteiger partial charge is 0.153 e. The van der Waals surface area contributed by atoms with E-state index < -0.39 is 0 Å². The predicted molar refractivity (Wildman–Crippen MR) is 115 cm³/mol. The summed E-state index contributed by atoms with van der Waals surface area (Å²) in [6, 6.07) is 19.0. The van der Waals surface area contributed by atoms with E-state index in [2.05, 4.69) is 30.1 Å². The maximum atomic E-state index is 10.9. The van der Waals surface area contributed by atoms with Crippen LogP contribution in [0.5, 0.6) is 11.5 Å². The van der Waals surface area contributed by atoms with Gasteiger partial charge in [0.05, 0.1) is 16.1 Å². The number of carbonyl (C=O) groups excluding carboxylic acids is 1. The molecular formula is C24H18ClNO3. The number of hydrogen-bond acceptors (Lipinski definition) is 4. The zero-order valence-electron chi connectivity index (χ0n) is 15.7. The summed E-state index contributed by atoms with van der Waals surface area (Å²) in [5.41, 5.74) is 5.41. The highest BCUT2D eigenvalue weighted by Gasteiger charge is 2.11. The second kappa shape index (κ2) is 7.94. The van der Waals surface area contributed by atoms with E-state index >= 15 is 0 Å². The molecule has 4 aromatic rings. The zero-order valence-corrected chi connectivity index (χ0v) is 16.5. The molecular weight excluding hydrogens is 386 g/mol. The predicted octanol–water partition coefficient (Wildman–Crippen LogP) is 5.96. The van der Waals surface area contributed by atoms with Crippen molar-refractivity contribution >= 4 is 28.8 Å². The first-order chi connectivity index (χ1) is 14.1. The first-order valence-electron chi connectivity index (χ1n) is 9.11. The lowest BCUT2D eigenvalue weighted by atomic mass is 9.96. The quantitative estimate of drug-likeness (QED) is 0.417. The lowest BCUT2D eigenvalue weighted by Gasteiger charge is -2.14. The lowest BCUT2D eigenvalue weighted by Crippen LogP contribution is -2.00. The van der Waals surface area contributed by atoms with E-state index in [-0.39, 0.29) is 22.9 Å². The highest BCUT2D eigenvalue weighted by molar-refractivity contribution is 6.32.